The number of nitrogens with zero attached hydrogens (tertiary/aromatic N) is 2. The molecule has 1 heterocycles. The van der Waals surface area contributed by atoms with E-state index in [-0.39, 0.29) is 6.04 Å². The molecule has 0 aliphatic heterocycles. The Hall–Kier alpha value is -0.720. The van der Waals surface area contributed by atoms with Crippen LogP contribution in [0.1, 0.15) is 31.7 Å². The van der Waals surface area contributed by atoms with Crippen LogP contribution in [0, 0.1) is 0 Å². The molecule has 0 saturated heterocycles. The topological polar surface area (TPSA) is 39.1 Å². The first-order valence-electron chi connectivity index (χ1n) is 7.30. The summed E-state index contributed by atoms with van der Waals surface area (Å²) >= 11 is 6.37. The third-order valence-corrected chi connectivity index (χ3v) is 3.83. The van der Waals surface area contributed by atoms with E-state index < -0.39 is 13.0 Å². The number of aryl methyl sites for hydroxylation is 2. The molecule has 21 heavy (non-hydrogen) atoms. The average Bonchev–Trinajstić information content (AvgIpc) is 2.77. The Balaban J connectivity index is 2.62. The average molecular weight is 324 g/mol. The Labute approximate surface area is 129 Å². The van der Waals surface area contributed by atoms with Crippen LogP contribution >= 0.6 is 11.6 Å². The van der Waals surface area contributed by atoms with Gasteiger partial charge in [0.15, 0.2) is 0 Å². The van der Waals surface area contributed by atoms with E-state index in [4.69, 9.17) is 16.3 Å². The highest BCUT2D eigenvalue weighted by atomic mass is 35.5. The summed E-state index contributed by atoms with van der Waals surface area (Å²) in [6.45, 7) is 4.59. The van der Waals surface area contributed by atoms with Gasteiger partial charge in [0.05, 0.1) is 16.4 Å². The van der Waals surface area contributed by atoms with Gasteiger partial charge in [-0.15, -0.1) is 0 Å². The summed E-state index contributed by atoms with van der Waals surface area (Å²) in [5.74, 6) is 0. The second kappa shape index (κ2) is 9.33. The molecule has 0 aromatic carbocycles. The number of nitrogens with one attached hydrogen (secondary N) is 1. The molecule has 0 fully saturated rings. The maximum Gasteiger partial charge on any atom is 0.261 e. The van der Waals surface area contributed by atoms with Gasteiger partial charge in [0, 0.05) is 25.6 Å². The van der Waals surface area contributed by atoms with Crippen molar-refractivity contribution in [1.82, 2.24) is 15.1 Å². The molecule has 1 unspecified atom stereocenters. The van der Waals surface area contributed by atoms with E-state index in [0.29, 0.717) is 24.5 Å². The smallest absolute Gasteiger partial charge is 0.261 e. The maximum absolute atomic E-state index is 12.0. The number of halogens is 3. The SMILES string of the molecule is CCc1nn(CC)c(CC(CCOCC(F)F)NC)c1Cl. The Kier molecular flexibility index (Phi) is 8.14. The highest BCUT2D eigenvalue weighted by Crippen LogP contribution is 2.23. The van der Waals surface area contributed by atoms with Gasteiger partial charge in [-0.05, 0) is 26.8 Å². The minimum Gasteiger partial charge on any atom is -0.375 e. The summed E-state index contributed by atoms with van der Waals surface area (Å²) in [5.41, 5.74) is 1.89. The van der Waals surface area contributed by atoms with Gasteiger partial charge in [-0.2, -0.15) is 5.10 Å². The minimum atomic E-state index is -2.42. The number of alkyl halides is 2. The van der Waals surface area contributed by atoms with Crippen molar-refractivity contribution in [2.75, 3.05) is 20.3 Å². The molecule has 0 aliphatic rings. The lowest BCUT2D eigenvalue weighted by atomic mass is 10.1. The fraction of sp³-hybridized carbons (Fsp3) is 0.786. The monoisotopic (exact) mass is 323 g/mol. The number of aromatic nitrogens is 2. The lowest BCUT2D eigenvalue weighted by molar-refractivity contribution is 0.0145. The highest BCUT2D eigenvalue weighted by Gasteiger charge is 2.18. The summed E-state index contributed by atoms with van der Waals surface area (Å²) in [5, 5.41) is 8.37. The van der Waals surface area contributed by atoms with Crippen molar-refractivity contribution in [2.45, 2.75) is 52.1 Å². The van der Waals surface area contributed by atoms with Crippen molar-refractivity contribution in [2.24, 2.45) is 0 Å². The largest absolute Gasteiger partial charge is 0.375 e. The minimum absolute atomic E-state index is 0.117. The second-order valence-corrected chi connectivity index (χ2v) is 5.20. The zero-order chi connectivity index (χ0) is 15.8. The van der Waals surface area contributed by atoms with Crippen molar-refractivity contribution in [3.8, 4) is 0 Å². The van der Waals surface area contributed by atoms with Crippen LogP contribution in [0.4, 0.5) is 8.78 Å². The normalized spacial score (nSPS) is 13.1. The molecule has 0 spiro atoms. The van der Waals surface area contributed by atoms with Gasteiger partial charge >= 0.3 is 0 Å². The summed E-state index contributed by atoms with van der Waals surface area (Å²) in [7, 11) is 1.85. The molecule has 122 valence electrons. The van der Waals surface area contributed by atoms with Crippen molar-refractivity contribution >= 4 is 11.6 Å². The molecule has 4 nitrogen and oxygen atoms in total. The van der Waals surface area contributed by atoms with E-state index in [1.807, 2.05) is 25.6 Å². The van der Waals surface area contributed by atoms with Gasteiger partial charge in [-0.25, -0.2) is 8.78 Å². The third-order valence-electron chi connectivity index (χ3n) is 3.40. The summed E-state index contributed by atoms with van der Waals surface area (Å²) in [4.78, 5) is 0. The molecule has 0 bridgehead atoms. The van der Waals surface area contributed by atoms with Crippen LogP contribution in [-0.4, -0.2) is 42.5 Å². The molecule has 1 atom stereocenters. The van der Waals surface area contributed by atoms with Crippen LogP contribution in [0.25, 0.3) is 0 Å². The number of rotatable bonds is 10. The lowest BCUT2D eigenvalue weighted by Crippen LogP contribution is -2.30. The zero-order valence-corrected chi connectivity index (χ0v) is 13.6. The molecular formula is C14H24ClF2N3O. The Morgan fingerprint density at radius 1 is 1.38 bits per heavy atom. The van der Waals surface area contributed by atoms with Crippen molar-refractivity contribution in [1.29, 1.82) is 0 Å². The number of ether oxygens (including phenoxy) is 1. The van der Waals surface area contributed by atoms with E-state index in [0.717, 1.165) is 24.4 Å². The fourth-order valence-corrected chi connectivity index (χ4v) is 2.54. The zero-order valence-electron chi connectivity index (χ0n) is 12.8. The molecule has 7 heteroatoms. The van der Waals surface area contributed by atoms with Crippen LogP contribution in [0.3, 0.4) is 0 Å². The summed E-state index contributed by atoms with van der Waals surface area (Å²) < 4.78 is 30.9. The van der Waals surface area contributed by atoms with Crippen LogP contribution in [0.5, 0.6) is 0 Å². The quantitative estimate of drug-likeness (QED) is 0.673. The van der Waals surface area contributed by atoms with Gasteiger partial charge in [0.2, 0.25) is 0 Å². The number of likely N-dealkylation sites (N-methyl/N-ethyl adjacent to an activating group) is 1. The Morgan fingerprint density at radius 2 is 2.10 bits per heavy atom. The van der Waals surface area contributed by atoms with Crippen LogP contribution in [-0.2, 0) is 24.1 Å². The lowest BCUT2D eigenvalue weighted by Gasteiger charge is -2.17. The van der Waals surface area contributed by atoms with Gasteiger partial charge in [0.25, 0.3) is 6.43 Å². The Morgan fingerprint density at radius 3 is 2.62 bits per heavy atom. The fourth-order valence-electron chi connectivity index (χ4n) is 2.19. The van der Waals surface area contributed by atoms with Crippen LogP contribution in [0.2, 0.25) is 5.02 Å². The van der Waals surface area contributed by atoms with E-state index in [9.17, 15) is 8.78 Å². The molecular weight excluding hydrogens is 300 g/mol. The summed E-state index contributed by atoms with van der Waals surface area (Å²) in [6, 6.07) is 0.117. The van der Waals surface area contributed by atoms with Crippen molar-refractivity contribution < 1.29 is 13.5 Å². The standard InChI is InChI=1S/C14H24ClF2N3O/c1-4-11-14(15)12(20(5-2)19-11)8-10(18-3)6-7-21-9-13(16)17/h10,13,18H,4-9H2,1-3H3. The van der Waals surface area contributed by atoms with Gasteiger partial charge in [0.1, 0.15) is 6.61 Å². The van der Waals surface area contributed by atoms with Crippen molar-refractivity contribution in [3.05, 3.63) is 16.4 Å². The highest BCUT2D eigenvalue weighted by molar-refractivity contribution is 6.31. The van der Waals surface area contributed by atoms with E-state index in [1.165, 1.54) is 0 Å². The van der Waals surface area contributed by atoms with Crippen molar-refractivity contribution in [3.63, 3.8) is 0 Å². The predicted octanol–water partition coefficient (Wildman–Crippen LogP) is 2.92. The molecule has 1 N–H and O–H groups in total. The molecule has 0 aliphatic carbocycles. The van der Waals surface area contributed by atoms with Gasteiger partial charge < -0.3 is 10.1 Å². The summed E-state index contributed by atoms with van der Waals surface area (Å²) in [6.07, 6.45) is -0.272. The third kappa shape index (κ3) is 5.52. The van der Waals surface area contributed by atoms with Crippen LogP contribution < -0.4 is 5.32 Å². The van der Waals surface area contributed by atoms with Gasteiger partial charge in [-0.3, -0.25) is 4.68 Å². The molecule has 0 saturated carbocycles. The first-order valence-corrected chi connectivity index (χ1v) is 7.68. The predicted molar refractivity (Wildman–Crippen MR) is 80.3 cm³/mol. The first-order chi connectivity index (χ1) is 10.0. The number of hydrogen-bond acceptors (Lipinski definition) is 3. The number of hydrogen-bond donors (Lipinski definition) is 1. The molecule has 1 aromatic rings. The molecule has 0 amide bonds. The Bertz CT molecular complexity index is 427. The maximum atomic E-state index is 12.0. The second-order valence-electron chi connectivity index (χ2n) is 4.82. The first kappa shape index (κ1) is 18.3. The van der Waals surface area contributed by atoms with Gasteiger partial charge in [-0.1, -0.05) is 18.5 Å². The molecule has 0 radical (unpaired) electrons. The van der Waals surface area contributed by atoms with E-state index in [2.05, 4.69) is 10.4 Å². The van der Waals surface area contributed by atoms with E-state index >= 15 is 0 Å². The van der Waals surface area contributed by atoms with E-state index in [1.54, 1.807) is 0 Å². The molecule has 1 rings (SSSR count). The van der Waals surface area contributed by atoms with Crippen LogP contribution in [0.15, 0.2) is 0 Å². The molecule has 1 aromatic heterocycles.